The van der Waals surface area contributed by atoms with Crippen molar-refractivity contribution in [1.82, 2.24) is 30.8 Å². The van der Waals surface area contributed by atoms with Crippen molar-refractivity contribution in [2.24, 2.45) is 5.92 Å². The highest BCUT2D eigenvalue weighted by atomic mass is 32.1. The monoisotopic (exact) mass is 790 g/mol. The molecule has 2 aliphatic heterocycles. The van der Waals surface area contributed by atoms with Crippen molar-refractivity contribution >= 4 is 46.2 Å². The molecule has 4 aliphatic rings. The molecule has 0 spiro atoms. The van der Waals surface area contributed by atoms with E-state index in [2.05, 4.69) is 22.0 Å². The van der Waals surface area contributed by atoms with E-state index in [0.717, 1.165) is 60.9 Å². The molecule has 1 unspecified atom stereocenters. The highest BCUT2D eigenvalue weighted by Crippen LogP contribution is 2.45. The number of nitrogens with zero attached hydrogens (tertiary/aromatic N) is 3. The Morgan fingerprint density at radius 1 is 0.895 bits per heavy atom. The van der Waals surface area contributed by atoms with Crippen LogP contribution in [-0.4, -0.2) is 81.6 Å². The van der Waals surface area contributed by atoms with Gasteiger partial charge >= 0.3 is 6.09 Å². The van der Waals surface area contributed by atoms with Gasteiger partial charge < -0.3 is 30.3 Å². The molecular weight excluding hydrogens is 741 g/mol. The number of benzene rings is 2. The highest BCUT2D eigenvalue weighted by Gasteiger charge is 2.61. The van der Waals surface area contributed by atoms with Gasteiger partial charge in [0.2, 0.25) is 23.6 Å². The SMILES string of the molecule is O=C(N[C@H]1CCCCCC=CC2C[C@]2(C(=O)NCCc2ccccc2)NC(=O)[C@@H]2C[C@@H](Oc3nc4ccccc4nc3-c3cccs3)CN2C1=O)OC1CCCC1. The third kappa shape index (κ3) is 8.98. The first-order chi connectivity index (χ1) is 27.9. The standard InChI is InChI=1S/C44H50N6O6S/c51-39-36-26-32(55-40-38(37-22-13-25-57-37)46-33-19-11-12-20-34(33)47-40)28-50(36)41(52)35(48-43(54)56-31-17-9-10-18-31)21-8-3-1-2-7-16-30-27-44(30,49-39)42(53)45-24-23-29-14-5-4-6-15-29/h4-7,11-16,19-20,22,25,30-32,35-36H,1-3,8-10,17-18,21,23-24,26-28H2,(H,45,53)(H,48,54)(H,49,51)/t30?,32-,35+,36+,44+/m1/s1. The van der Waals surface area contributed by atoms with Gasteiger partial charge in [-0.05, 0) is 86.9 Å². The summed E-state index contributed by atoms with van der Waals surface area (Å²) in [4.78, 5) is 68.7. The smallest absolute Gasteiger partial charge is 0.408 e. The number of nitrogens with one attached hydrogen (secondary N) is 3. The maximum Gasteiger partial charge on any atom is 0.408 e. The lowest BCUT2D eigenvalue weighted by atomic mass is 10.0. The van der Waals surface area contributed by atoms with Gasteiger partial charge in [-0.1, -0.05) is 73.5 Å². The van der Waals surface area contributed by atoms with E-state index in [4.69, 9.17) is 19.4 Å². The number of allylic oxidation sites excluding steroid dienone is 1. The first-order valence-electron chi connectivity index (χ1n) is 20.4. The second kappa shape index (κ2) is 17.5. The summed E-state index contributed by atoms with van der Waals surface area (Å²) < 4.78 is 12.4. The van der Waals surface area contributed by atoms with Gasteiger partial charge in [-0.15, -0.1) is 11.3 Å². The molecule has 2 saturated carbocycles. The van der Waals surface area contributed by atoms with Crippen LogP contribution in [0.25, 0.3) is 21.6 Å². The molecule has 2 aliphatic carbocycles. The Morgan fingerprint density at radius 3 is 2.46 bits per heavy atom. The first-order valence-corrected chi connectivity index (χ1v) is 21.3. The van der Waals surface area contributed by atoms with Gasteiger partial charge in [-0.2, -0.15) is 0 Å². The van der Waals surface area contributed by atoms with E-state index in [1.165, 1.54) is 16.2 Å². The van der Waals surface area contributed by atoms with E-state index in [1.54, 1.807) is 0 Å². The molecule has 12 nitrogen and oxygen atoms in total. The van der Waals surface area contributed by atoms with Crippen LogP contribution >= 0.6 is 11.3 Å². The molecular formula is C44H50N6O6S. The fourth-order valence-electron chi connectivity index (χ4n) is 8.42. The van der Waals surface area contributed by atoms with Gasteiger partial charge in [0.1, 0.15) is 35.5 Å². The van der Waals surface area contributed by atoms with Crippen LogP contribution in [0, 0.1) is 5.92 Å². The zero-order valence-electron chi connectivity index (χ0n) is 32.1. The number of rotatable bonds is 9. The predicted octanol–water partition coefficient (Wildman–Crippen LogP) is 6.50. The Kier molecular flexibility index (Phi) is 11.8. The summed E-state index contributed by atoms with van der Waals surface area (Å²) in [6.07, 6.45) is 11.3. The minimum Gasteiger partial charge on any atom is -0.471 e. The van der Waals surface area contributed by atoms with E-state index >= 15 is 0 Å². The molecule has 13 heteroatoms. The molecule has 4 amide bonds. The van der Waals surface area contributed by atoms with Crippen LogP contribution in [0.4, 0.5) is 4.79 Å². The third-order valence-electron chi connectivity index (χ3n) is 11.6. The number of carbonyl (C=O) groups is 4. The molecule has 0 bridgehead atoms. The van der Waals surface area contributed by atoms with Crippen molar-refractivity contribution < 1.29 is 28.7 Å². The summed E-state index contributed by atoms with van der Waals surface area (Å²) in [6.45, 7) is 0.495. The molecule has 5 atom stereocenters. The van der Waals surface area contributed by atoms with Crippen molar-refractivity contribution in [2.45, 2.75) is 107 Å². The summed E-state index contributed by atoms with van der Waals surface area (Å²) >= 11 is 1.52. The molecule has 0 radical (unpaired) electrons. The van der Waals surface area contributed by atoms with Crippen LogP contribution in [0.5, 0.6) is 5.88 Å². The fourth-order valence-corrected chi connectivity index (χ4v) is 9.13. The lowest BCUT2D eigenvalue weighted by Gasteiger charge is -2.30. The van der Waals surface area contributed by atoms with Crippen molar-refractivity contribution in [2.75, 3.05) is 13.1 Å². The second-order valence-corrected chi connectivity index (χ2v) is 16.6. The molecule has 298 valence electrons. The first kappa shape index (κ1) is 38.6. The maximum absolute atomic E-state index is 14.7. The minimum absolute atomic E-state index is 0.0742. The lowest BCUT2D eigenvalue weighted by Crippen LogP contribution is -2.58. The van der Waals surface area contributed by atoms with Crippen molar-refractivity contribution in [3.05, 3.63) is 89.8 Å². The summed E-state index contributed by atoms with van der Waals surface area (Å²) in [5.41, 5.74) is 1.93. The van der Waals surface area contributed by atoms with Gasteiger partial charge in [-0.25, -0.2) is 14.8 Å². The molecule has 4 heterocycles. The van der Waals surface area contributed by atoms with Gasteiger partial charge in [0, 0.05) is 18.9 Å². The quantitative estimate of drug-likeness (QED) is 0.163. The average Bonchev–Trinajstić information content (AvgIpc) is 3.72. The highest BCUT2D eigenvalue weighted by molar-refractivity contribution is 7.13. The summed E-state index contributed by atoms with van der Waals surface area (Å²) in [5, 5.41) is 11.1. The van der Waals surface area contributed by atoms with Crippen LogP contribution in [0.3, 0.4) is 0 Å². The number of aromatic nitrogens is 2. The summed E-state index contributed by atoms with van der Waals surface area (Å²) in [5.74, 6) is -0.922. The number of hydrogen-bond donors (Lipinski definition) is 3. The zero-order valence-corrected chi connectivity index (χ0v) is 32.9. The average molecular weight is 791 g/mol. The van der Waals surface area contributed by atoms with E-state index in [-0.39, 0.29) is 36.8 Å². The molecule has 1 saturated heterocycles. The number of carbonyl (C=O) groups excluding carboxylic acids is 4. The summed E-state index contributed by atoms with van der Waals surface area (Å²) in [7, 11) is 0. The summed E-state index contributed by atoms with van der Waals surface area (Å²) in [6, 6.07) is 19.5. The lowest BCUT2D eigenvalue weighted by molar-refractivity contribution is -0.141. The van der Waals surface area contributed by atoms with Crippen LogP contribution in [0.15, 0.2) is 84.3 Å². The Bertz CT molecular complexity index is 2090. The van der Waals surface area contributed by atoms with Crippen molar-refractivity contribution in [3.8, 4) is 16.5 Å². The molecule has 8 rings (SSSR count). The minimum atomic E-state index is -1.14. The predicted molar refractivity (Wildman–Crippen MR) is 217 cm³/mol. The molecule has 2 aromatic heterocycles. The Morgan fingerprint density at radius 2 is 1.67 bits per heavy atom. The number of fused-ring (bicyclic) bond motifs is 3. The van der Waals surface area contributed by atoms with E-state index in [1.807, 2.05) is 78.2 Å². The van der Waals surface area contributed by atoms with Gasteiger partial charge in [0.05, 0.1) is 22.5 Å². The van der Waals surface area contributed by atoms with E-state index in [9.17, 15) is 19.2 Å². The largest absolute Gasteiger partial charge is 0.471 e. The number of alkyl carbamates (subject to hydrolysis) is 1. The Hall–Kier alpha value is -5.30. The molecule has 3 N–H and O–H groups in total. The Balaban J connectivity index is 1.07. The second-order valence-electron chi connectivity index (χ2n) is 15.7. The fraction of sp³-hybridized carbons (Fsp3) is 0.455. The van der Waals surface area contributed by atoms with Crippen molar-refractivity contribution in [1.29, 1.82) is 0 Å². The van der Waals surface area contributed by atoms with E-state index < -0.39 is 35.7 Å². The van der Waals surface area contributed by atoms with Crippen LogP contribution in [0.2, 0.25) is 0 Å². The van der Waals surface area contributed by atoms with Crippen LogP contribution in [-0.2, 0) is 25.5 Å². The zero-order chi connectivity index (χ0) is 39.2. The van der Waals surface area contributed by atoms with Crippen LogP contribution < -0.4 is 20.7 Å². The molecule has 2 aromatic carbocycles. The molecule has 57 heavy (non-hydrogen) atoms. The van der Waals surface area contributed by atoms with Crippen LogP contribution in [0.1, 0.15) is 76.2 Å². The third-order valence-corrected chi connectivity index (χ3v) is 12.5. The Labute approximate surface area is 336 Å². The number of para-hydroxylation sites is 2. The number of ether oxygens (including phenoxy) is 2. The normalized spacial score (nSPS) is 25.4. The molecule has 4 aromatic rings. The van der Waals surface area contributed by atoms with Gasteiger partial charge in [-0.3, -0.25) is 14.4 Å². The molecule has 3 fully saturated rings. The van der Waals surface area contributed by atoms with Gasteiger partial charge in [0.25, 0.3) is 0 Å². The van der Waals surface area contributed by atoms with E-state index in [0.29, 0.717) is 49.3 Å². The number of amides is 4. The topological polar surface area (TPSA) is 152 Å². The number of thiophene rings is 1. The van der Waals surface area contributed by atoms with Gasteiger partial charge in [0.15, 0.2) is 0 Å². The number of hydrogen-bond acceptors (Lipinski definition) is 9. The van der Waals surface area contributed by atoms with Crippen molar-refractivity contribution in [3.63, 3.8) is 0 Å². The maximum atomic E-state index is 14.7.